The Morgan fingerprint density at radius 3 is 2.70 bits per heavy atom. The number of amides is 1. The zero-order chi connectivity index (χ0) is 23.1. The Morgan fingerprint density at radius 2 is 1.97 bits per heavy atom. The summed E-state index contributed by atoms with van der Waals surface area (Å²) in [5.74, 6) is 0.0164. The quantitative estimate of drug-likeness (QED) is 0.391. The number of furan rings is 1. The van der Waals surface area contributed by atoms with Crippen molar-refractivity contribution in [1.29, 1.82) is 0 Å². The van der Waals surface area contributed by atoms with Crippen molar-refractivity contribution in [2.24, 2.45) is 0 Å². The van der Waals surface area contributed by atoms with Gasteiger partial charge in [-0.25, -0.2) is 0 Å². The topological polar surface area (TPSA) is 96.5 Å². The Kier molecular flexibility index (Phi) is 5.72. The minimum atomic E-state index is -0.824. The SMILES string of the molecule is Cc1ccc(C2/C(=C(\[O-])c3ccc4c(c3)CC(C)O4)C(=O)C(=O)N2CC[NH+]2CCOCC2)o1. The Bertz CT molecular complexity index is 1110. The van der Waals surface area contributed by atoms with Crippen LogP contribution in [0.3, 0.4) is 0 Å². The maximum atomic E-state index is 13.6. The number of hydrogen-bond donors (Lipinski definition) is 1. The van der Waals surface area contributed by atoms with Gasteiger partial charge in [0, 0.05) is 12.0 Å². The molecule has 2 aromatic rings. The molecule has 33 heavy (non-hydrogen) atoms. The number of ether oxygens (including phenoxy) is 2. The first kappa shape index (κ1) is 21.7. The van der Waals surface area contributed by atoms with Gasteiger partial charge in [0.1, 0.15) is 42.5 Å². The van der Waals surface area contributed by atoms with E-state index in [0.717, 1.165) is 24.4 Å². The van der Waals surface area contributed by atoms with Gasteiger partial charge >= 0.3 is 0 Å². The van der Waals surface area contributed by atoms with Crippen molar-refractivity contribution in [3.63, 3.8) is 0 Å². The largest absolute Gasteiger partial charge is 0.872 e. The highest BCUT2D eigenvalue weighted by Crippen LogP contribution is 2.40. The van der Waals surface area contributed by atoms with Crippen LogP contribution in [-0.4, -0.2) is 62.1 Å². The van der Waals surface area contributed by atoms with Crippen molar-refractivity contribution in [1.82, 2.24) is 4.90 Å². The Labute approximate surface area is 192 Å². The van der Waals surface area contributed by atoms with Crippen molar-refractivity contribution in [2.45, 2.75) is 32.4 Å². The monoisotopic (exact) mass is 452 g/mol. The molecule has 2 atom stereocenters. The number of carbonyl (C=O) groups excluding carboxylic acids is 2. The standard InChI is InChI=1S/C25H28N2O6/c1-15-3-5-20(32-15)22-21(23(28)17-4-6-19-18(14-17)13-16(2)33-19)24(29)25(30)27(22)8-7-26-9-11-31-12-10-26/h3-6,14,16,22,28H,7-13H2,1-2H3/b23-21+. The summed E-state index contributed by atoms with van der Waals surface area (Å²) in [5, 5.41) is 13.6. The molecule has 4 heterocycles. The molecule has 8 nitrogen and oxygen atoms in total. The van der Waals surface area contributed by atoms with Crippen LogP contribution >= 0.6 is 0 Å². The highest BCUT2D eigenvalue weighted by molar-refractivity contribution is 6.46. The van der Waals surface area contributed by atoms with Crippen LogP contribution in [0.5, 0.6) is 5.75 Å². The van der Waals surface area contributed by atoms with E-state index in [1.807, 2.05) is 6.92 Å². The van der Waals surface area contributed by atoms with E-state index in [2.05, 4.69) is 0 Å². The normalized spacial score (nSPS) is 24.8. The predicted molar refractivity (Wildman–Crippen MR) is 116 cm³/mol. The molecule has 1 amide bonds. The van der Waals surface area contributed by atoms with Gasteiger partial charge in [-0.3, -0.25) is 9.59 Å². The van der Waals surface area contributed by atoms with Crippen molar-refractivity contribution < 1.29 is 33.5 Å². The molecule has 1 N–H and O–H groups in total. The van der Waals surface area contributed by atoms with Crippen molar-refractivity contribution >= 4 is 17.4 Å². The molecule has 5 rings (SSSR count). The molecular formula is C25H28N2O6. The molecule has 2 saturated heterocycles. The van der Waals surface area contributed by atoms with Crippen LogP contribution in [0.4, 0.5) is 0 Å². The number of quaternary nitrogens is 1. The van der Waals surface area contributed by atoms with Crippen molar-refractivity contribution in [3.8, 4) is 5.75 Å². The van der Waals surface area contributed by atoms with Gasteiger partial charge in [-0.1, -0.05) is 11.8 Å². The van der Waals surface area contributed by atoms with Crippen LogP contribution in [0.1, 0.15) is 35.6 Å². The maximum absolute atomic E-state index is 13.6. The first-order valence-electron chi connectivity index (χ1n) is 11.5. The van der Waals surface area contributed by atoms with Gasteiger partial charge in [0.2, 0.25) is 5.78 Å². The molecule has 174 valence electrons. The van der Waals surface area contributed by atoms with Gasteiger partial charge in [-0.2, -0.15) is 0 Å². The van der Waals surface area contributed by atoms with Crippen LogP contribution < -0.4 is 14.7 Å². The number of hydrogen-bond acceptors (Lipinski definition) is 6. The number of fused-ring (bicyclic) bond motifs is 1. The van der Waals surface area contributed by atoms with Crippen LogP contribution in [0, 0.1) is 6.92 Å². The summed E-state index contributed by atoms with van der Waals surface area (Å²) >= 11 is 0. The fourth-order valence-corrected chi connectivity index (χ4v) is 4.90. The molecule has 0 bridgehead atoms. The highest BCUT2D eigenvalue weighted by atomic mass is 16.5. The predicted octanol–water partition coefficient (Wildman–Crippen LogP) is 0.0505. The number of carbonyl (C=O) groups is 2. The average molecular weight is 453 g/mol. The molecule has 0 radical (unpaired) electrons. The lowest BCUT2D eigenvalue weighted by atomic mass is 9.97. The minimum Gasteiger partial charge on any atom is -0.872 e. The summed E-state index contributed by atoms with van der Waals surface area (Å²) in [5.41, 5.74) is 1.28. The van der Waals surface area contributed by atoms with Gasteiger partial charge in [0.25, 0.3) is 5.91 Å². The minimum absolute atomic E-state index is 0.0433. The molecule has 2 fully saturated rings. The Hall–Kier alpha value is -3.10. The van der Waals surface area contributed by atoms with E-state index in [-0.39, 0.29) is 11.7 Å². The lowest BCUT2D eigenvalue weighted by Crippen LogP contribution is -3.14. The fourth-order valence-electron chi connectivity index (χ4n) is 4.90. The number of nitrogens with zero attached hydrogens (tertiary/aromatic N) is 1. The number of benzene rings is 1. The highest BCUT2D eigenvalue weighted by Gasteiger charge is 2.46. The summed E-state index contributed by atoms with van der Waals surface area (Å²) in [6, 6.07) is 7.90. The van der Waals surface area contributed by atoms with E-state index in [0.29, 0.717) is 49.8 Å². The molecule has 1 aromatic heterocycles. The lowest BCUT2D eigenvalue weighted by Gasteiger charge is -2.29. The summed E-state index contributed by atoms with van der Waals surface area (Å²) < 4.78 is 17.0. The first-order chi connectivity index (χ1) is 15.9. The first-order valence-corrected chi connectivity index (χ1v) is 11.5. The zero-order valence-corrected chi connectivity index (χ0v) is 18.9. The van der Waals surface area contributed by atoms with Gasteiger partial charge in [-0.05, 0) is 49.2 Å². The zero-order valence-electron chi connectivity index (χ0n) is 18.9. The van der Waals surface area contributed by atoms with E-state index >= 15 is 0 Å². The van der Waals surface area contributed by atoms with Gasteiger partial charge in [-0.15, -0.1) is 0 Å². The Balaban J connectivity index is 1.51. The lowest BCUT2D eigenvalue weighted by molar-refractivity contribution is -0.907. The van der Waals surface area contributed by atoms with E-state index < -0.39 is 23.5 Å². The molecule has 3 aliphatic rings. The van der Waals surface area contributed by atoms with E-state index in [1.165, 1.54) is 9.80 Å². The van der Waals surface area contributed by atoms with Crippen molar-refractivity contribution in [2.75, 3.05) is 39.4 Å². The number of aryl methyl sites for hydroxylation is 1. The molecule has 0 aliphatic carbocycles. The number of likely N-dealkylation sites (tertiary alicyclic amines) is 1. The van der Waals surface area contributed by atoms with Gasteiger partial charge in [0.15, 0.2) is 0 Å². The summed E-state index contributed by atoms with van der Waals surface area (Å²) in [4.78, 5) is 29.0. The molecule has 8 heteroatoms. The van der Waals surface area contributed by atoms with E-state index in [9.17, 15) is 14.7 Å². The molecular weight excluding hydrogens is 424 g/mol. The second-order valence-corrected chi connectivity index (χ2v) is 8.99. The van der Waals surface area contributed by atoms with Gasteiger partial charge < -0.3 is 28.8 Å². The third-order valence-corrected chi connectivity index (χ3v) is 6.62. The average Bonchev–Trinajstić information content (AvgIpc) is 3.47. The third kappa shape index (κ3) is 4.05. The Morgan fingerprint density at radius 1 is 1.18 bits per heavy atom. The second-order valence-electron chi connectivity index (χ2n) is 8.99. The van der Waals surface area contributed by atoms with Crippen LogP contribution in [-0.2, 0) is 20.7 Å². The van der Waals surface area contributed by atoms with Crippen LogP contribution in [0.2, 0.25) is 0 Å². The fraction of sp³-hybridized carbons (Fsp3) is 0.440. The van der Waals surface area contributed by atoms with Crippen LogP contribution in [0.25, 0.3) is 5.76 Å². The third-order valence-electron chi connectivity index (χ3n) is 6.62. The summed E-state index contributed by atoms with van der Waals surface area (Å²) in [6.07, 6.45) is 0.748. The maximum Gasteiger partial charge on any atom is 0.295 e. The number of ketones is 1. The number of Topliss-reactive ketones (excluding diaryl/α,β-unsaturated/α-hetero) is 1. The second kappa shape index (κ2) is 8.68. The van der Waals surface area contributed by atoms with E-state index in [1.54, 1.807) is 37.3 Å². The van der Waals surface area contributed by atoms with Gasteiger partial charge in [0.05, 0.1) is 26.3 Å². The number of nitrogens with one attached hydrogen (secondary N) is 1. The summed E-state index contributed by atoms with van der Waals surface area (Å²) in [7, 11) is 0. The molecule has 2 unspecified atom stereocenters. The van der Waals surface area contributed by atoms with E-state index in [4.69, 9.17) is 13.9 Å². The molecule has 1 aromatic carbocycles. The number of morpholine rings is 1. The van der Waals surface area contributed by atoms with Crippen molar-refractivity contribution in [3.05, 3.63) is 58.6 Å². The molecule has 0 spiro atoms. The summed E-state index contributed by atoms with van der Waals surface area (Å²) in [6.45, 7) is 7.87. The number of rotatable bonds is 5. The molecule has 3 aliphatic heterocycles. The van der Waals surface area contributed by atoms with Crippen LogP contribution in [0.15, 0.2) is 40.3 Å². The smallest absolute Gasteiger partial charge is 0.295 e. The molecule has 0 saturated carbocycles.